The molecule has 0 rings (SSSR count). The standard InChI is InChI=1S/C27H55O7PS/c1-4-6-8-10-11-12-13-14-16-18-23-36(32)25(20-17-15-9-7-5-2)24(3)33-21-19-22-34-27(30,35-31)26(28)29/h24-25,30H,4-23,35H2,1-3H3,(H,28,29). The van der Waals surface area contributed by atoms with E-state index in [1.165, 1.54) is 70.6 Å². The fraction of sp³-hybridized carbons (Fsp3) is 0.963. The molecular formula is C27H55O7PS. The zero-order chi connectivity index (χ0) is 27.1. The molecule has 2 N–H and O–H groups in total. The summed E-state index contributed by atoms with van der Waals surface area (Å²) in [6.45, 7) is 6.62. The Kier molecular flexibility index (Phi) is 23.9. The van der Waals surface area contributed by atoms with Gasteiger partial charge in [-0.2, -0.15) is 0 Å². The van der Waals surface area contributed by atoms with Crippen molar-refractivity contribution in [1.29, 1.82) is 0 Å². The van der Waals surface area contributed by atoms with Crippen molar-refractivity contribution >= 4 is 25.6 Å². The minimum atomic E-state index is -2.61. The summed E-state index contributed by atoms with van der Waals surface area (Å²) in [6, 6.07) is 0. The minimum absolute atomic E-state index is 0.0202. The van der Waals surface area contributed by atoms with E-state index < -0.39 is 31.1 Å². The number of carbonyl (C=O) groups is 1. The average Bonchev–Trinajstić information content (AvgIpc) is 2.86. The maximum Gasteiger partial charge on any atom is 0.371 e. The molecule has 0 spiro atoms. The van der Waals surface area contributed by atoms with E-state index in [1.807, 2.05) is 6.92 Å². The highest BCUT2D eigenvalue weighted by Crippen LogP contribution is 2.23. The first-order valence-corrected chi connectivity index (χ1v) is 16.8. The summed E-state index contributed by atoms with van der Waals surface area (Å²) in [5.74, 6) is -0.933. The average molecular weight is 555 g/mol. The van der Waals surface area contributed by atoms with Gasteiger partial charge < -0.3 is 28.8 Å². The fourth-order valence-corrected chi connectivity index (χ4v) is 6.24. The number of rotatable bonds is 27. The van der Waals surface area contributed by atoms with Gasteiger partial charge in [0.1, 0.15) is 25.6 Å². The molecule has 0 bridgehead atoms. The smallest absolute Gasteiger partial charge is 0.371 e. The normalized spacial score (nSPS) is 16.2. The molecule has 5 unspecified atom stereocenters. The van der Waals surface area contributed by atoms with E-state index in [0.29, 0.717) is 18.8 Å². The molecule has 216 valence electrons. The van der Waals surface area contributed by atoms with E-state index in [4.69, 9.17) is 14.6 Å². The van der Waals surface area contributed by atoms with Crippen LogP contribution in [0.1, 0.15) is 130 Å². The third-order valence-electron chi connectivity index (χ3n) is 6.61. The van der Waals surface area contributed by atoms with E-state index >= 15 is 0 Å². The van der Waals surface area contributed by atoms with Gasteiger partial charge >= 0.3 is 11.5 Å². The quantitative estimate of drug-likeness (QED) is 0.0503. The van der Waals surface area contributed by atoms with E-state index in [2.05, 4.69) is 13.8 Å². The number of unbranched alkanes of at least 4 members (excludes halogenated alkanes) is 13. The maximum atomic E-state index is 13.2. The van der Waals surface area contributed by atoms with Crippen molar-refractivity contribution in [3.05, 3.63) is 0 Å². The lowest BCUT2D eigenvalue weighted by molar-refractivity contribution is -0.190. The number of aliphatic carboxylic acids is 1. The number of hydrogen-bond acceptors (Lipinski definition) is 6. The molecule has 0 heterocycles. The zero-order valence-corrected chi connectivity index (χ0v) is 25.2. The van der Waals surface area contributed by atoms with Crippen molar-refractivity contribution in [3.63, 3.8) is 0 Å². The Morgan fingerprint density at radius 1 is 0.861 bits per heavy atom. The van der Waals surface area contributed by atoms with Crippen LogP contribution in [0, 0.1) is 0 Å². The Hall–Kier alpha value is -0.110. The first kappa shape index (κ1) is 35.9. The van der Waals surface area contributed by atoms with E-state index in [9.17, 15) is 19.0 Å². The highest BCUT2D eigenvalue weighted by atomic mass is 32.2. The van der Waals surface area contributed by atoms with Gasteiger partial charge in [0.2, 0.25) is 0 Å². The second kappa shape index (κ2) is 24.0. The number of carboxylic acids is 1. The molecule has 0 saturated carbocycles. The third kappa shape index (κ3) is 18.2. The van der Waals surface area contributed by atoms with Gasteiger partial charge in [0, 0.05) is 6.61 Å². The highest BCUT2D eigenvalue weighted by Gasteiger charge is 2.36. The monoisotopic (exact) mass is 554 g/mol. The molecule has 0 amide bonds. The van der Waals surface area contributed by atoms with Crippen molar-refractivity contribution < 1.29 is 33.6 Å². The zero-order valence-electron chi connectivity index (χ0n) is 23.2. The van der Waals surface area contributed by atoms with Gasteiger partial charge in [-0.15, -0.1) is 0 Å². The van der Waals surface area contributed by atoms with Gasteiger partial charge in [-0.05, 0) is 50.2 Å². The molecule has 0 aromatic heterocycles. The van der Waals surface area contributed by atoms with Crippen molar-refractivity contribution in [2.75, 3.05) is 19.0 Å². The molecule has 9 heteroatoms. The molecule has 0 aliphatic carbocycles. The first-order chi connectivity index (χ1) is 17.3. The van der Waals surface area contributed by atoms with E-state index in [0.717, 1.165) is 32.1 Å². The molecule has 36 heavy (non-hydrogen) atoms. The third-order valence-corrected chi connectivity index (χ3v) is 9.33. The predicted molar refractivity (Wildman–Crippen MR) is 151 cm³/mol. The maximum absolute atomic E-state index is 13.2. The lowest BCUT2D eigenvalue weighted by Crippen LogP contribution is -2.37. The Balaban J connectivity index is 4.37. The topological polar surface area (TPSA) is 116 Å². The molecule has 0 radical (unpaired) electrons. The minimum Gasteiger partial charge on any atom is -0.616 e. The van der Waals surface area contributed by atoms with Gasteiger partial charge in [-0.3, -0.25) is 0 Å². The SMILES string of the molecule is CCCCCCCCCCCC[S+]([O-])C(CCCCCCC)C(C)OCCCOC(O)([PH2]=O)C(=O)O. The molecule has 0 fully saturated rings. The van der Waals surface area contributed by atoms with E-state index in [-0.39, 0.29) is 18.0 Å². The van der Waals surface area contributed by atoms with Gasteiger partial charge in [-0.25, -0.2) is 4.79 Å². The van der Waals surface area contributed by atoms with Crippen LogP contribution in [0.3, 0.4) is 0 Å². The van der Waals surface area contributed by atoms with Crippen LogP contribution >= 0.6 is 8.46 Å². The van der Waals surface area contributed by atoms with E-state index in [1.54, 1.807) is 0 Å². The Morgan fingerprint density at radius 2 is 1.36 bits per heavy atom. The summed E-state index contributed by atoms with van der Waals surface area (Å²) >= 11 is -0.949. The summed E-state index contributed by atoms with van der Waals surface area (Å²) in [5, 5.41) is 18.5. The molecule has 5 atom stereocenters. The Morgan fingerprint density at radius 3 is 1.86 bits per heavy atom. The van der Waals surface area contributed by atoms with Crippen LogP contribution < -0.4 is 0 Å². The Bertz CT molecular complexity index is 540. The highest BCUT2D eigenvalue weighted by molar-refractivity contribution is 7.92. The number of carboxylic acid groups (broad SMARTS) is 1. The van der Waals surface area contributed by atoms with Crippen LogP contribution in [0.15, 0.2) is 0 Å². The van der Waals surface area contributed by atoms with Gasteiger partial charge in [0.25, 0.3) is 0 Å². The predicted octanol–water partition coefficient (Wildman–Crippen LogP) is 6.68. The molecule has 0 saturated heterocycles. The molecule has 0 aromatic rings. The second-order valence-electron chi connectivity index (χ2n) is 9.91. The molecule has 0 aromatic carbocycles. The summed E-state index contributed by atoms with van der Waals surface area (Å²) < 4.78 is 34.9. The lowest BCUT2D eigenvalue weighted by Gasteiger charge is -2.27. The fourth-order valence-electron chi connectivity index (χ4n) is 4.22. The molecule has 7 nitrogen and oxygen atoms in total. The summed E-state index contributed by atoms with van der Waals surface area (Å²) in [7, 11) is -2.02. The summed E-state index contributed by atoms with van der Waals surface area (Å²) in [6.07, 6.45) is 19.5. The second-order valence-corrected chi connectivity index (χ2v) is 12.7. The lowest BCUT2D eigenvalue weighted by atomic mass is 10.1. The number of ether oxygens (including phenoxy) is 2. The summed E-state index contributed by atoms with van der Waals surface area (Å²) in [5.41, 5.74) is -2.61. The van der Waals surface area contributed by atoms with Crippen LogP contribution in [0.25, 0.3) is 0 Å². The first-order valence-electron chi connectivity index (χ1n) is 14.4. The molecule has 0 aliphatic heterocycles. The van der Waals surface area contributed by atoms with Crippen LogP contribution in [-0.2, 0) is 30.0 Å². The largest absolute Gasteiger partial charge is 0.616 e. The van der Waals surface area contributed by atoms with Crippen molar-refractivity contribution in [3.8, 4) is 0 Å². The molecular weight excluding hydrogens is 499 g/mol. The van der Waals surface area contributed by atoms with Crippen LogP contribution in [-0.4, -0.2) is 56.6 Å². The van der Waals surface area contributed by atoms with Gasteiger partial charge in [0.15, 0.2) is 0 Å². The van der Waals surface area contributed by atoms with Crippen molar-refractivity contribution in [2.24, 2.45) is 0 Å². The van der Waals surface area contributed by atoms with Gasteiger partial charge in [-0.1, -0.05) is 90.9 Å². The number of aliphatic hydroxyl groups is 1. The summed E-state index contributed by atoms with van der Waals surface area (Å²) in [4.78, 5) is 10.9. The van der Waals surface area contributed by atoms with Crippen LogP contribution in [0.5, 0.6) is 0 Å². The van der Waals surface area contributed by atoms with Crippen LogP contribution in [0.4, 0.5) is 0 Å². The Labute approximate surface area is 224 Å². The van der Waals surface area contributed by atoms with Crippen molar-refractivity contribution in [2.45, 2.75) is 147 Å². The van der Waals surface area contributed by atoms with Crippen molar-refractivity contribution in [1.82, 2.24) is 0 Å². The number of hydrogen-bond donors (Lipinski definition) is 2. The molecule has 0 aliphatic rings. The van der Waals surface area contributed by atoms with Crippen LogP contribution in [0.2, 0.25) is 0 Å². The van der Waals surface area contributed by atoms with Gasteiger partial charge in [0.05, 0.1) is 6.61 Å².